The van der Waals surface area contributed by atoms with Gasteiger partial charge in [0.2, 0.25) is 0 Å². The van der Waals surface area contributed by atoms with Crippen molar-refractivity contribution >= 4 is 29.2 Å². The summed E-state index contributed by atoms with van der Waals surface area (Å²) < 4.78 is 10.7. The second-order valence-corrected chi connectivity index (χ2v) is 12.0. The van der Waals surface area contributed by atoms with Crippen LogP contribution in [0.15, 0.2) is 0 Å². The second-order valence-electron chi connectivity index (χ2n) is 11.6. The van der Waals surface area contributed by atoms with Gasteiger partial charge in [0.15, 0.2) is 0 Å². The topological polar surface area (TPSA) is 91.4 Å². The number of hydrogen-bond donors (Lipinski definition) is 1. The van der Waals surface area contributed by atoms with E-state index in [2.05, 4.69) is 5.32 Å². The Hall–Kier alpha value is -1.74. The van der Waals surface area contributed by atoms with E-state index < -0.39 is 11.0 Å². The molecule has 4 aliphatic rings. The monoisotopic (exact) mass is 518 g/mol. The molecule has 1 N–H and O–H groups in total. The third-order valence-electron chi connectivity index (χ3n) is 6.43. The highest BCUT2D eigenvalue weighted by Crippen LogP contribution is 2.32. The van der Waals surface area contributed by atoms with Crippen LogP contribution in [0, 0.1) is 23.7 Å². The van der Waals surface area contributed by atoms with E-state index in [-0.39, 0.29) is 32.6 Å². The number of halogens is 1. The van der Waals surface area contributed by atoms with Gasteiger partial charge in [-0.05, 0) is 65.0 Å². The first-order valence-corrected chi connectivity index (χ1v) is 12.2. The molecule has 4 rings (SSSR count). The fourth-order valence-electron chi connectivity index (χ4n) is 4.94. The van der Waals surface area contributed by atoms with Gasteiger partial charge in [0.25, 0.3) is 0 Å². The molecule has 10 heteroatoms. The zero-order valence-electron chi connectivity index (χ0n) is 20.7. The Balaban J connectivity index is 0.000000336. The van der Waals surface area contributed by atoms with E-state index in [1.54, 1.807) is 9.80 Å². The molecule has 4 aliphatic heterocycles. The van der Waals surface area contributed by atoms with Crippen molar-refractivity contribution in [2.75, 3.05) is 52.4 Å². The molecule has 0 aromatic carbocycles. The Morgan fingerprint density at radius 1 is 0.657 bits per heavy atom. The van der Waals surface area contributed by atoms with Crippen molar-refractivity contribution in [3.05, 3.63) is 0 Å². The standard InChI is InChI=1S/C12H19ClN2O3.C11H20N2O2.2CH4/c1-12(2,3)18-11(17)15-6-8-4-14(10(13)16)5-9(8)7-15;1-11(2,3)15-10(14)13-6-8-4-12-5-9(8)7-13;;/h8-9H,4-7H2,1-3H3;8-9,12H,4-7H2,1-3H3;2*1H4. The van der Waals surface area contributed by atoms with Crippen molar-refractivity contribution in [1.82, 2.24) is 20.0 Å². The lowest BCUT2D eigenvalue weighted by molar-refractivity contribution is 0.0269. The Morgan fingerprint density at radius 3 is 1.29 bits per heavy atom. The summed E-state index contributed by atoms with van der Waals surface area (Å²) in [5.74, 6) is 1.94. The van der Waals surface area contributed by atoms with Crippen molar-refractivity contribution in [2.24, 2.45) is 23.7 Å². The van der Waals surface area contributed by atoms with Crippen LogP contribution >= 0.6 is 11.6 Å². The van der Waals surface area contributed by atoms with Crippen LogP contribution in [0.2, 0.25) is 0 Å². The van der Waals surface area contributed by atoms with Crippen LogP contribution in [0.1, 0.15) is 56.4 Å². The average Bonchev–Trinajstić information content (AvgIpc) is 3.38. The van der Waals surface area contributed by atoms with Crippen molar-refractivity contribution < 1.29 is 23.9 Å². The third-order valence-corrected chi connectivity index (χ3v) is 6.67. The molecule has 35 heavy (non-hydrogen) atoms. The summed E-state index contributed by atoms with van der Waals surface area (Å²) in [5.41, 5.74) is -0.847. The fourth-order valence-corrected chi connectivity index (χ4v) is 5.08. The normalized spacial score (nSPS) is 27.1. The molecular formula is C25H47ClN4O5. The number of nitrogens with zero attached hydrogens (tertiary/aromatic N) is 3. The first-order chi connectivity index (χ1) is 15.2. The highest BCUT2D eigenvalue weighted by molar-refractivity contribution is 6.62. The first-order valence-electron chi connectivity index (χ1n) is 11.8. The second kappa shape index (κ2) is 12.0. The lowest BCUT2D eigenvalue weighted by Gasteiger charge is -2.25. The van der Waals surface area contributed by atoms with Gasteiger partial charge in [0.1, 0.15) is 11.2 Å². The zero-order valence-corrected chi connectivity index (χ0v) is 21.5. The zero-order chi connectivity index (χ0) is 24.6. The summed E-state index contributed by atoms with van der Waals surface area (Å²) in [7, 11) is 0. The van der Waals surface area contributed by atoms with Crippen molar-refractivity contribution in [3.8, 4) is 0 Å². The molecule has 0 spiro atoms. The van der Waals surface area contributed by atoms with E-state index in [1.165, 1.54) is 0 Å². The Morgan fingerprint density at radius 2 is 0.971 bits per heavy atom. The molecule has 0 radical (unpaired) electrons. The fraction of sp³-hybridized carbons (Fsp3) is 0.880. The number of hydrogen-bond acceptors (Lipinski definition) is 6. The van der Waals surface area contributed by atoms with Crippen LogP contribution in [0.3, 0.4) is 0 Å². The lowest BCUT2D eigenvalue weighted by atomic mass is 10.0. The smallest absolute Gasteiger partial charge is 0.410 e. The Bertz CT molecular complexity index is 725. The Kier molecular flexibility index (Phi) is 10.7. The van der Waals surface area contributed by atoms with Crippen LogP contribution < -0.4 is 5.32 Å². The maximum Gasteiger partial charge on any atom is 0.410 e. The third kappa shape index (κ3) is 8.70. The van der Waals surface area contributed by atoms with Crippen LogP contribution in [-0.4, -0.2) is 95.8 Å². The van der Waals surface area contributed by atoms with E-state index in [0.717, 1.165) is 26.2 Å². The SMILES string of the molecule is C.C.CC(C)(C)OC(=O)N1CC2CN(C(=O)Cl)CC2C1.CC(C)(C)OC(=O)N1CC2CNCC2C1. The Labute approximate surface area is 216 Å². The number of nitrogens with one attached hydrogen (secondary N) is 1. The molecule has 9 nitrogen and oxygen atoms in total. The van der Waals surface area contributed by atoms with E-state index in [0.29, 0.717) is 49.9 Å². The van der Waals surface area contributed by atoms with Gasteiger partial charge < -0.3 is 29.5 Å². The van der Waals surface area contributed by atoms with Gasteiger partial charge in [-0.3, -0.25) is 4.79 Å². The predicted molar refractivity (Wildman–Crippen MR) is 139 cm³/mol. The van der Waals surface area contributed by atoms with Crippen LogP contribution in [0.25, 0.3) is 0 Å². The van der Waals surface area contributed by atoms with E-state index in [1.807, 2.05) is 46.4 Å². The van der Waals surface area contributed by atoms with Crippen LogP contribution in [0.4, 0.5) is 14.4 Å². The largest absolute Gasteiger partial charge is 0.444 e. The molecule has 4 fully saturated rings. The summed E-state index contributed by atoms with van der Waals surface area (Å²) in [6.45, 7) is 17.7. The number of rotatable bonds is 0. The quantitative estimate of drug-likeness (QED) is 0.375. The van der Waals surface area contributed by atoms with Gasteiger partial charge >= 0.3 is 17.6 Å². The van der Waals surface area contributed by atoms with Crippen molar-refractivity contribution in [2.45, 2.75) is 67.6 Å². The van der Waals surface area contributed by atoms with E-state index in [9.17, 15) is 14.4 Å². The summed E-state index contributed by atoms with van der Waals surface area (Å²) in [6.07, 6.45) is -0.419. The highest BCUT2D eigenvalue weighted by atomic mass is 35.5. The molecule has 3 amide bonds. The van der Waals surface area contributed by atoms with Crippen molar-refractivity contribution in [3.63, 3.8) is 0 Å². The van der Waals surface area contributed by atoms with Gasteiger partial charge in [-0.2, -0.15) is 0 Å². The van der Waals surface area contributed by atoms with Gasteiger partial charge in [-0.15, -0.1) is 0 Å². The maximum atomic E-state index is 11.9. The number of likely N-dealkylation sites (tertiary alicyclic amines) is 3. The molecular weight excluding hydrogens is 472 g/mol. The number of carbonyl (C=O) groups is 3. The van der Waals surface area contributed by atoms with Crippen molar-refractivity contribution in [1.29, 1.82) is 0 Å². The number of amides is 3. The highest BCUT2D eigenvalue weighted by Gasteiger charge is 2.44. The predicted octanol–water partition coefficient (Wildman–Crippen LogP) is 4.49. The minimum atomic E-state index is -0.465. The minimum absolute atomic E-state index is 0. The first kappa shape index (κ1) is 31.3. The van der Waals surface area contributed by atoms with E-state index >= 15 is 0 Å². The van der Waals surface area contributed by atoms with Crippen LogP contribution in [0.5, 0.6) is 0 Å². The van der Waals surface area contributed by atoms with Gasteiger partial charge in [-0.25, -0.2) is 9.59 Å². The summed E-state index contributed by atoms with van der Waals surface area (Å²) in [4.78, 5) is 40.0. The molecule has 0 bridgehead atoms. The molecule has 4 heterocycles. The molecule has 0 aromatic heterocycles. The number of fused-ring (bicyclic) bond motifs is 2. The van der Waals surface area contributed by atoms with E-state index in [4.69, 9.17) is 21.1 Å². The molecule has 4 atom stereocenters. The molecule has 0 aromatic rings. The number of carbonyl (C=O) groups excluding carboxylic acids is 3. The van der Waals surface area contributed by atoms with Gasteiger partial charge in [-0.1, -0.05) is 14.9 Å². The summed E-state index contributed by atoms with van der Waals surface area (Å²) >= 11 is 5.46. The average molecular weight is 519 g/mol. The van der Waals surface area contributed by atoms with Crippen LogP contribution in [-0.2, 0) is 9.47 Å². The molecule has 0 aliphatic carbocycles. The number of ether oxygens (including phenoxy) is 2. The lowest BCUT2D eigenvalue weighted by Crippen LogP contribution is -2.37. The molecule has 0 saturated carbocycles. The molecule has 4 unspecified atom stereocenters. The molecule has 204 valence electrons. The van der Waals surface area contributed by atoms with Gasteiger partial charge in [0, 0.05) is 64.2 Å². The van der Waals surface area contributed by atoms with Gasteiger partial charge in [0.05, 0.1) is 0 Å². The summed E-state index contributed by atoms with van der Waals surface area (Å²) in [6, 6.07) is 0. The molecule has 4 saturated heterocycles. The minimum Gasteiger partial charge on any atom is -0.444 e. The summed E-state index contributed by atoms with van der Waals surface area (Å²) in [5, 5.41) is 2.96. The maximum absolute atomic E-state index is 11.9.